The molecule has 0 saturated carbocycles. The second kappa shape index (κ2) is 7.52. The number of amides is 2. The largest absolute Gasteiger partial charge is 0.297 e. The molecule has 0 spiro atoms. The van der Waals surface area contributed by atoms with E-state index in [0.29, 0.717) is 10.7 Å². The Morgan fingerprint density at radius 3 is 2.65 bits per heavy atom. The summed E-state index contributed by atoms with van der Waals surface area (Å²) in [7, 11) is 0. The van der Waals surface area contributed by atoms with Crippen LogP contribution in [0.4, 0.5) is 9.52 Å². The van der Waals surface area contributed by atoms with Crippen molar-refractivity contribution >= 4 is 39.8 Å². The molecule has 1 aromatic carbocycles. The Morgan fingerprint density at radius 1 is 1.27 bits per heavy atom. The van der Waals surface area contributed by atoms with Gasteiger partial charge in [-0.15, -0.1) is 11.3 Å². The summed E-state index contributed by atoms with van der Waals surface area (Å²) < 4.78 is 13.0. The van der Waals surface area contributed by atoms with Crippen LogP contribution >= 0.6 is 11.3 Å². The Labute approximate surface area is 152 Å². The van der Waals surface area contributed by atoms with Crippen LogP contribution in [0.3, 0.4) is 0 Å². The Hall–Kier alpha value is -2.94. The van der Waals surface area contributed by atoms with Crippen molar-refractivity contribution in [2.75, 3.05) is 5.32 Å². The molecule has 1 N–H and O–H groups in total. The zero-order chi connectivity index (χ0) is 18.7. The number of halogens is 1. The first-order valence-corrected chi connectivity index (χ1v) is 8.70. The van der Waals surface area contributed by atoms with Crippen molar-refractivity contribution in [2.45, 2.75) is 26.3 Å². The van der Waals surface area contributed by atoms with Gasteiger partial charge >= 0.3 is 0 Å². The molecule has 7 nitrogen and oxygen atoms in total. The fraction of sp³-hybridized carbons (Fsp3) is 0.235. The molecule has 1 aromatic heterocycles. The third-order valence-electron chi connectivity index (χ3n) is 3.70. The van der Waals surface area contributed by atoms with Gasteiger partial charge in [0, 0.05) is 25.1 Å². The molecule has 2 amide bonds. The lowest BCUT2D eigenvalue weighted by atomic mass is 10.1. The summed E-state index contributed by atoms with van der Waals surface area (Å²) >= 11 is 1.14. The van der Waals surface area contributed by atoms with Gasteiger partial charge in [0.25, 0.3) is 5.91 Å². The summed E-state index contributed by atoms with van der Waals surface area (Å²) in [6.07, 6.45) is 0.375. The van der Waals surface area contributed by atoms with Crippen LogP contribution in [0.15, 0.2) is 34.7 Å². The first-order valence-electron chi connectivity index (χ1n) is 7.82. The van der Waals surface area contributed by atoms with Crippen LogP contribution in [0.2, 0.25) is 0 Å². The maximum Gasteiger partial charge on any atom is 0.273 e. The summed E-state index contributed by atoms with van der Waals surface area (Å²) in [4.78, 5) is 39.7. The molecule has 0 bridgehead atoms. The summed E-state index contributed by atoms with van der Waals surface area (Å²) in [5.41, 5.74) is 1.19. The van der Waals surface area contributed by atoms with E-state index < -0.39 is 5.91 Å². The molecule has 0 radical (unpaired) electrons. The number of nitrogens with one attached hydrogen (secondary N) is 1. The van der Waals surface area contributed by atoms with Crippen LogP contribution in [-0.4, -0.2) is 33.3 Å². The smallest absolute Gasteiger partial charge is 0.273 e. The van der Waals surface area contributed by atoms with Crippen molar-refractivity contribution in [3.05, 3.63) is 46.7 Å². The highest BCUT2D eigenvalue weighted by Gasteiger charge is 2.25. The van der Waals surface area contributed by atoms with E-state index in [2.05, 4.69) is 15.4 Å². The van der Waals surface area contributed by atoms with Gasteiger partial charge in [0.2, 0.25) is 5.91 Å². The summed E-state index contributed by atoms with van der Waals surface area (Å²) in [6, 6.07) is 5.73. The fourth-order valence-electron chi connectivity index (χ4n) is 2.31. The van der Waals surface area contributed by atoms with Gasteiger partial charge in [-0.3, -0.25) is 19.7 Å². The molecule has 1 aliphatic rings. The Balaban J connectivity index is 1.71. The van der Waals surface area contributed by atoms with Crippen LogP contribution < -0.4 is 5.32 Å². The van der Waals surface area contributed by atoms with Crippen LogP contribution in [0.5, 0.6) is 0 Å². The normalized spacial score (nSPS) is 14.2. The SMILES string of the molecule is CC(=O)c1csc(NC(=O)C2=NN(Cc3ccc(F)cc3)C(=O)CC2)n1. The predicted molar refractivity (Wildman–Crippen MR) is 94.4 cm³/mol. The lowest BCUT2D eigenvalue weighted by Crippen LogP contribution is -2.36. The Bertz CT molecular complexity index is 892. The van der Waals surface area contributed by atoms with Gasteiger partial charge in [-0.2, -0.15) is 5.10 Å². The van der Waals surface area contributed by atoms with E-state index in [9.17, 15) is 18.8 Å². The minimum atomic E-state index is -0.467. The molecule has 2 aromatic rings. The van der Waals surface area contributed by atoms with Gasteiger partial charge in [-0.05, 0) is 17.7 Å². The highest BCUT2D eigenvalue weighted by molar-refractivity contribution is 7.14. The van der Waals surface area contributed by atoms with Crippen LogP contribution in [0, 0.1) is 5.82 Å². The van der Waals surface area contributed by atoms with E-state index in [1.165, 1.54) is 24.1 Å². The molecule has 26 heavy (non-hydrogen) atoms. The third-order valence-corrected chi connectivity index (χ3v) is 4.46. The lowest BCUT2D eigenvalue weighted by Gasteiger charge is -2.23. The van der Waals surface area contributed by atoms with Gasteiger partial charge in [0.05, 0.1) is 6.54 Å². The van der Waals surface area contributed by atoms with Crippen LogP contribution in [0.1, 0.15) is 35.8 Å². The molecule has 134 valence electrons. The number of anilines is 1. The van der Waals surface area contributed by atoms with E-state index in [0.717, 1.165) is 11.3 Å². The van der Waals surface area contributed by atoms with E-state index in [1.807, 2.05) is 0 Å². The molecule has 3 rings (SSSR count). The molecule has 0 unspecified atom stereocenters. The zero-order valence-corrected chi connectivity index (χ0v) is 14.7. The Morgan fingerprint density at radius 2 is 2.00 bits per heavy atom. The number of carbonyl (C=O) groups excluding carboxylic acids is 3. The number of thiazole rings is 1. The zero-order valence-electron chi connectivity index (χ0n) is 13.9. The average molecular weight is 374 g/mol. The van der Waals surface area contributed by atoms with Gasteiger partial charge in [-0.25, -0.2) is 14.4 Å². The first-order chi connectivity index (χ1) is 12.4. The molecule has 1 aliphatic heterocycles. The third kappa shape index (κ3) is 4.17. The minimum Gasteiger partial charge on any atom is -0.297 e. The van der Waals surface area contributed by atoms with E-state index in [-0.39, 0.29) is 48.3 Å². The highest BCUT2D eigenvalue weighted by atomic mass is 32.1. The minimum absolute atomic E-state index is 0.154. The number of hydrogen-bond acceptors (Lipinski definition) is 6. The topological polar surface area (TPSA) is 91.7 Å². The number of hydrazone groups is 1. The summed E-state index contributed by atoms with van der Waals surface area (Å²) in [6.45, 7) is 1.55. The fourth-order valence-corrected chi connectivity index (χ4v) is 3.06. The highest BCUT2D eigenvalue weighted by Crippen LogP contribution is 2.18. The van der Waals surface area contributed by atoms with Gasteiger partial charge in [0.1, 0.15) is 17.2 Å². The van der Waals surface area contributed by atoms with Crippen molar-refractivity contribution < 1.29 is 18.8 Å². The standard InChI is InChI=1S/C17H15FN4O3S/c1-10(23)14-9-26-17(19-14)20-16(25)13-6-7-15(24)22(21-13)8-11-2-4-12(18)5-3-11/h2-5,9H,6-8H2,1H3,(H,19,20,25). The molecule has 9 heteroatoms. The number of rotatable bonds is 5. The number of aromatic nitrogens is 1. The number of Topliss-reactive ketones (excluding diaryl/α,β-unsaturated/α-hetero) is 1. The van der Waals surface area contributed by atoms with Crippen molar-refractivity contribution in [1.29, 1.82) is 0 Å². The van der Waals surface area contributed by atoms with Crippen LogP contribution in [0.25, 0.3) is 0 Å². The molecular formula is C17H15FN4O3S. The maximum absolute atomic E-state index is 13.0. The molecule has 0 fully saturated rings. The molecule has 0 saturated heterocycles. The number of hydrogen-bond donors (Lipinski definition) is 1. The van der Waals surface area contributed by atoms with Crippen molar-refractivity contribution in [1.82, 2.24) is 9.99 Å². The van der Waals surface area contributed by atoms with E-state index >= 15 is 0 Å². The molecule has 2 heterocycles. The van der Waals surface area contributed by atoms with Crippen molar-refractivity contribution in [3.8, 4) is 0 Å². The molecule has 0 atom stereocenters. The first kappa shape index (κ1) is 17.9. The summed E-state index contributed by atoms with van der Waals surface area (Å²) in [5, 5.41) is 9.77. The predicted octanol–water partition coefficient (Wildman–Crippen LogP) is 2.60. The van der Waals surface area contributed by atoms with E-state index in [4.69, 9.17) is 0 Å². The Kier molecular flexibility index (Phi) is 5.17. The number of ketones is 1. The van der Waals surface area contributed by atoms with E-state index in [1.54, 1.807) is 17.5 Å². The quantitative estimate of drug-likeness (QED) is 0.815. The lowest BCUT2D eigenvalue weighted by molar-refractivity contribution is -0.132. The van der Waals surface area contributed by atoms with Gasteiger partial charge < -0.3 is 0 Å². The number of nitrogens with zero attached hydrogens (tertiary/aromatic N) is 3. The second-order valence-corrected chi connectivity index (χ2v) is 6.53. The molecular weight excluding hydrogens is 359 g/mol. The van der Waals surface area contributed by atoms with Crippen LogP contribution in [-0.2, 0) is 16.1 Å². The van der Waals surface area contributed by atoms with Gasteiger partial charge in [-0.1, -0.05) is 12.1 Å². The number of carbonyl (C=O) groups is 3. The maximum atomic E-state index is 13.0. The van der Waals surface area contributed by atoms with Crippen molar-refractivity contribution in [2.24, 2.45) is 5.10 Å². The summed E-state index contributed by atoms with van der Waals surface area (Å²) in [5.74, 6) is -1.23. The number of benzene rings is 1. The molecule has 0 aliphatic carbocycles. The van der Waals surface area contributed by atoms with Crippen molar-refractivity contribution in [3.63, 3.8) is 0 Å². The average Bonchev–Trinajstić information content (AvgIpc) is 3.07. The van der Waals surface area contributed by atoms with Gasteiger partial charge in [0.15, 0.2) is 10.9 Å². The monoisotopic (exact) mass is 374 g/mol. The second-order valence-electron chi connectivity index (χ2n) is 5.67.